The second-order valence-electron chi connectivity index (χ2n) is 7.36. The van der Waals surface area contributed by atoms with Gasteiger partial charge in [-0.2, -0.15) is 26.3 Å². The Bertz CT molecular complexity index is 1100. The Labute approximate surface area is 191 Å². The average molecular weight is 483 g/mol. The van der Waals surface area contributed by atoms with E-state index >= 15 is 0 Å². The van der Waals surface area contributed by atoms with Gasteiger partial charge in [0.05, 0.1) is 13.7 Å². The lowest BCUT2D eigenvalue weighted by atomic mass is 9.91. The van der Waals surface area contributed by atoms with Gasteiger partial charge in [0.15, 0.2) is 0 Å². The van der Waals surface area contributed by atoms with E-state index in [0.29, 0.717) is 29.1 Å². The van der Waals surface area contributed by atoms with Crippen LogP contribution < -0.4 is 9.64 Å². The van der Waals surface area contributed by atoms with Crippen molar-refractivity contribution >= 4 is 11.6 Å². The van der Waals surface area contributed by atoms with E-state index in [1.165, 1.54) is 12.0 Å². The second kappa shape index (κ2) is 9.38. The van der Waals surface area contributed by atoms with Crippen molar-refractivity contribution in [3.63, 3.8) is 0 Å². The summed E-state index contributed by atoms with van der Waals surface area (Å²) in [6, 6.07) is 17.7. The highest BCUT2D eigenvalue weighted by atomic mass is 19.4. The van der Waals surface area contributed by atoms with Crippen LogP contribution in [0.15, 0.2) is 78.9 Å². The number of alkyl halides is 6. The van der Waals surface area contributed by atoms with Crippen LogP contribution in [-0.2, 0) is 12.1 Å². The Balaban J connectivity index is 1.96. The van der Waals surface area contributed by atoms with Crippen molar-refractivity contribution in [3.05, 3.63) is 95.6 Å². The number of anilines is 1. The van der Waals surface area contributed by atoms with Gasteiger partial charge in [0.1, 0.15) is 5.75 Å². The summed E-state index contributed by atoms with van der Waals surface area (Å²) in [7, 11) is 1.50. The zero-order chi connectivity index (χ0) is 25.1. The topological polar surface area (TPSA) is 49.8 Å². The molecule has 3 aromatic rings. The van der Waals surface area contributed by atoms with Gasteiger partial charge in [-0.15, -0.1) is 0 Å². The van der Waals surface area contributed by atoms with E-state index in [4.69, 9.17) is 4.74 Å². The highest BCUT2D eigenvalue weighted by Gasteiger charge is 2.71. The van der Waals surface area contributed by atoms with Crippen LogP contribution in [0.3, 0.4) is 0 Å². The van der Waals surface area contributed by atoms with Gasteiger partial charge in [0.25, 0.3) is 11.5 Å². The van der Waals surface area contributed by atoms with Crippen LogP contribution in [0.5, 0.6) is 5.75 Å². The predicted molar refractivity (Wildman–Crippen MR) is 112 cm³/mol. The van der Waals surface area contributed by atoms with E-state index < -0.39 is 29.4 Å². The lowest BCUT2D eigenvalue weighted by Gasteiger charge is -2.32. The summed E-state index contributed by atoms with van der Waals surface area (Å²) in [5.41, 5.74) is -5.49. The molecule has 3 rings (SSSR count). The minimum atomic E-state index is -6.01. The average Bonchev–Trinajstić information content (AvgIpc) is 2.81. The van der Waals surface area contributed by atoms with Crippen molar-refractivity contribution in [2.45, 2.75) is 24.5 Å². The first-order chi connectivity index (χ1) is 15.9. The zero-order valence-corrected chi connectivity index (χ0v) is 17.7. The lowest BCUT2D eigenvalue weighted by molar-refractivity contribution is -0.376. The molecule has 10 heteroatoms. The minimum absolute atomic E-state index is 0.0730. The number of methoxy groups -OCH3 is 1. The zero-order valence-electron chi connectivity index (χ0n) is 17.7. The molecule has 0 saturated carbocycles. The van der Waals surface area contributed by atoms with E-state index in [1.54, 1.807) is 54.6 Å². The third-order valence-electron chi connectivity index (χ3n) is 5.18. The summed E-state index contributed by atoms with van der Waals surface area (Å²) in [5, 5.41) is 9.55. The summed E-state index contributed by atoms with van der Waals surface area (Å²) in [4.78, 5) is 14.6. The standard InChI is InChI=1S/C24H19F6NO3/c1-34-20-13-7-16(8-14-20)15-31(19-5-3-2-4-6-19)21(32)17-9-11-18(12-10-17)22(33,23(25,26)27)24(28,29)30/h2-14,33H,15H2,1H3. The molecule has 0 bridgehead atoms. The molecule has 180 valence electrons. The maximum Gasteiger partial charge on any atom is 0.430 e. The van der Waals surface area contributed by atoms with Gasteiger partial charge < -0.3 is 14.7 Å². The molecule has 0 unspecified atom stereocenters. The number of rotatable bonds is 6. The van der Waals surface area contributed by atoms with Crippen LogP contribution in [0.2, 0.25) is 0 Å². The predicted octanol–water partition coefficient (Wildman–Crippen LogP) is 5.85. The molecule has 0 radical (unpaired) electrons. The van der Waals surface area contributed by atoms with Crippen molar-refractivity contribution in [1.82, 2.24) is 0 Å². The molecule has 0 aliphatic carbocycles. The summed E-state index contributed by atoms with van der Waals surface area (Å²) in [6.45, 7) is 0.0730. The third-order valence-corrected chi connectivity index (χ3v) is 5.18. The molecule has 0 fully saturated rings. The van der Waals surface area contributed by atoms with Crippen LogP contribution in [0.4, 0.5) is 32.0 Å². The summed E-state index contributed by atoms with van der Waals surface area (Å²) in [6.07, 6.45) is -12.0. The van der Waals surface area contributed by atoms with Crippen LogP contribution in [0.1, 0.15) is 21.5 Å². The van der Waals surface area contributed by atoms with E-state index in [9.17, 15) is 36.2 Å². The first-order valence-corrected chi connectivity index (χ1v) is 9.84. The highest BCUT2D eigenvalue weighted by molar-refractivity contribution is 6.06. The van der Waals surface area contributed by atoms with E-state index in [1.807, 2.05) is 0 Å². The van der Waals surface area contributed by atoms with Crippen molar-refractivity contribution in [2.24, 2.45) is 0 Å². The van der Waals surface area contributed by atoms with E-state index in [0.717, 1.165) is 12.1 Å². The summed E-state index contributed by atoms with van der Waals surface area (Å²) in [5.74, 6) is -0.0603. The molecule has 34 heavy (non-hydrogen) atoms. The van der Waals surface area contributed by atoms with E-state index in [-0.39, 0.29) is 12.1 Å². The number of amides is 1. The normalized spacial score (nSPS) is 12.4. The summed E-state index contributed by atoms with van der Waals surface area (Å²) >= 11 is 0. The monoisotopic (exact) mass is 483 g/mol. The van der Waals surface area contributed by atoms with Crippen molar-refractivity contribution in [2.75, 3.05) is 12.0 Å². The Morgan fingerprint density at radius 2 is 1.35 bits per heavy atom. The molecule has 4 nitrogen and oxygen atoms in total. The van der Waals surface area contributed by atoms with Gasteiger partial charge in [0.2, 0.25) is 0 Å². The molecular weight excluding hydrogens is 464 g/mol. The molecule has 0 spiro atoms. The molecule has 1 amide bonds. The van der Waals surface area contributed by atoms with Crippen LogP contribution in [0.25, 0.3) is 0 Å². The van der Waals surface area contributed by atoms with Crippen LogP contribution >= 0.6 is 0 Å². The maximum atomic E-state index is 13.2. The molecule has 0 aliphatic heterocycles. The fourth-order valence-corrected chi connectivity index (χ4v) is 3.30. The molecule has 0 heterocycles. The smallest absolute Gasteiger partial charge is 0.430 e. The molecule has 0 aliphatic rings. The second-order valence-corrected chi connectivity index (χ2v) is 7.36. The number of ether oxygens (including phenoxy) is 1. The first-order valence-electron chi connectivity index (χ1n) is 9.84. The van der Waals surface area contributed by atoms with Gasteiger partial charge in [-0.3, -0.25) is 4.79 Å². The lowest BCUT2D eigenvalue weighted by Crippen LogP contribution is -2.53. The number of carbonyl (C=O) groups excluding carboxylic acids is 1. The van der Waals surface area contributed by atoms with Crippen molar-refractivity contribution in [1.29, 1.82) is 0 Å². The molecule has 1 N–H and O–H groups in total. The number of hydrogen-bond acceptors (Lipinski definition) is 3. The highest BCUT2D eigenvalue weighted by Crippen LogP contribution is 2.50. The van der Waals surface area contributed by atoms with Crippen LogP contribution in [-0.4, -0.2) is 30.5 Å². The molecule has 0 aromatic heterocycles. The summed E-state index contributed by atoms with van der Waals surface area (Å²) < 4.78 is 83.9. The molecule has 3 aromatic carbocycles. The molecular formula is C24H19F6NO3. The van der Waals surface area contributed by atoms with Crippen LogP contribution in [0, 0.1) is 0 Å². The van der Waals surface area contributed by atoms with Gasteiger partial charge >= 0.3 is 12.4 Å². The number of nitrogens with zero attached hydrogens (tertiary/aromatic N) is 1. The minimum Gasteiger partial charge on any atom is -0.497 e. The number of halogens is 6. The van der Waals surface area contributed by atoms with Gasteiger partial charge in [0, 0.05) is 16.8 Å². The number of hydrogen-bond donors (Lipinski definition) is 1. The van der Waals surface area contributed by atoms with Gasteiger partial charge in [-0.25, -0.2) is 0 Å². The SMILES string of the molecule is COc1ccc(CN(C(=O)c2ccc(C(O)(C(F)(F)F)C(F)(F)F)cc2)c2ccccc2)cc1. The number of aliphatic hydroxyl groups is 1. The van der Waals surface area contributed by atoms with Crippen molar-refractivity contribution in [3.8, 4) is 5.75 Å². The Hall–Kier alpha value is -3.53. The number of benzene rings is 3. The van der Waals surface area contributed by atoms with E-state index in [2.05, 4.69) is 0 Å². The maximum absolute atomic E-state index is 13.2. The van der Waals surface area contributed by atoms with Gasteiger partial charge in [-0.1, -0.05) is 42.5 Å². The first kappa shape index (κ1) is 25.1. The molecule has 0 atom stereocenters. The van der Waals surface area contributed by atoms with Crippen molar-refractivity contribution < 1.29 is 41.0 Å². The Morgan fingerprint density at radius 1 is 0.824 bits per heavy atom. The fraction of sp³-hybridized carbons (Fsp3) is 0.208. The van der Waals surface area contributed by atoms with Gasteiger partial charge in [-0.05, 0) is 42.0 Å². The molecule has 0 saturated heterocycles. The number of carbonyl (C=O) groups is 1. The Morgan fingerprint density at radius 3 is 1.82 bits per heavy atom. The largest absolute Gasteiger partial charge is 0.497 e. The number of para-hydroxylation sites is 1. The third kappa shape index (κ3) is 4.86. The Kier molecular flexibility index (Phi) is 6.92. The fourth-order valence-electron chi connectivity index (χ4n) is 3.30. The quantitative estimate of drug-likeness (QED) is 0.448.